The first-order valence-corrected chi connectivity index (χ1v) is 9.09. The predicted molar refractivity (Wildman–Crippen MR) is 88.0 cm³/mol. The number of sulfonamides is 1. The van der Waals surface area contributed by atoms with E-state index in [1.165, 1.54) is 11.4 Å². The first-order valence-electron chi connectivity index (χ1n) is 7.65. The van der Waals surface area contributed by atoms with Crippen LogP contribution in [0, 0.1) is 19.8 Å². The number of nitrogens with zero attached hydrogens (tertiary/aromatic N) is 1. The van der Waals surface area contributed by atoms with E-state index in [1.54, 1.807) is 19.2 Å². The maximum absolute atomic E-state index is 12.9. The highest BCUT2D eigenvalue weighted by Crippen LogP contribution is 2.33. The number of hydrogen-bond donors (Lipinski definition) is 1. The topological polar surface area (TPSA) is 75.7 Å². The maximum atomic E-state index is 12.9. The summed E-state index contributed by atoms with van der Waals surface area (Å²) in [6.07, 6.45) is 1.05. The molecule has 1 unspecified atom stereocenters. The van der Waals surface area contributed by atoms with Crippen LogP contribution in [0.1, 0.15) is 24.0 Å². The van der Waals surface area contributed by atoms with E-state index in [4.69, 9.17) is 4.74 Å². The highest BCUT2D eigenvalue weighted by Gasteiger charge is 2.35. The summed E-state index contributed by atoms with van der Waals surface area (Å²) in [5.74, 6) is 0.364. The van der Waals surface area contributed by atoms with Crippen molar-refractivity contribution in [3.05, 3.63) is 23.3 Å². The van der Waals surface area contributed by atoms with E-state index in [0.717, 1.165) is 11.1 Å². The third-order valence-corrected chi connectivity index (χ3v) is 6.29. The van der Waals surface area contributed by atoms with Crippen LogP contribution in [0.15, 0.2) is 17.0 Å². The van der Waals surface area contributed by atoms with E-state index in [2.05, 4.69) is 5.32 Å². The molecule has 128 valence electrons. The molecular formula is C16H24N2O4S. The van der Waals surface area contributed by atoms with Crippen molar-refractivity contribution in [1.29, 1.82) is 0 Å². The Morgan fingerprint density at radius 1 is 1.35 bits per heavy atom. The Balaban J connectivity index is 2.26. The normalized spacial score (nSPS) is 18.9. The molecule has 1 aromatic carbocycles. The minimum Gasteiger partial charge on any atom is -0.495 e. The molecule has 0 aromatic heterocycles. The zero-order chi connectivity index (χ0) is 17.2. The van der Waals surface area contributed by atoms with Gasteiger partial charge in [0.2, 0.25) is 15.9 Å². The lowest BCUT2D eigenvalue weighted by Gasteiger charge is -2.19. The molecule has 1 atom stereocenters. The second kappa shape index (κ2) is 6.88. The van der Waals surface area contributed by atoms with Crippen molar-refractivity contribution in [2.24, 2.45) is 5.92 Å². The highest BCUT2D eigenvalue weighted by atomic mass is 32.2. The monoisotopic (exact) mass is 340 g/mol. The van der Waals surface area contributed by atoms with Gasteiger partial charge in [-0.3, -0.25) is 4.79 Å². The first-order chi connectivity index (χ1) is 10.8. The van der Waals surface area contributed by atoms with Crippen molar-refractivity contribution in [3.8, 4) is 5.75 Å². The summed E-state index contributed by atoms with van der Waals surface area (Å²) in [7, 11) is -0.557. The summed E-state index contributed by atoms with van der Waals surface area (Å²) in [6.45, 7) is 4.60. The van der Waals surface area contributed by atoms with Crippen LogP contribution >= 0.6 is 0 Å². The van der Waals surface area contributed by atoms with Crippen molar-refractivity contribution in [3.63, 3.8) is 0 Å². The molecule has 7 heteroatoms. The highest BCUT2D eigenvalue weighted by molar-refractivity contribution is 7.89. The van der Waals surface area contributed by atoms with Gasteiger partial charge in [0, 0.05) is 26.6 Å². The predicted octanol–water partition coefficient (Wildman–Crippen LogP) is 1.46. The summed E-state index contributed by atoms with van der Waals surface area (Å²) >= 11 is 0. The first kappa shape index (κ1) is 17.7. The number of carbonyl (C=O) groups excluding carboxylic acids is 1. The van der Waals surface area contributed by atoms with Gasteiger partial charge in [-0.05, 0) is 49.4 Å². The zero-order valence-corrected chi connectivity index (χ0v) is 14.9. The molecule has 0 radical (unpaired) electrons. The molecule has 1 heterocycles. The number of methoxy groups -OCH3 is 1. The third-order valence-electron chi connectivity index (χ3n) is 4.40. The fraction of sp³-hybridized carbons (Fsp3) is 0.562. The Kier molecular flexibility index (Phi) is 5.31. The molecule has 0 bridgehead atoms. The number of carbonyl (C=O) groups is 1. The molecule has 0 aliphatic carbocycles. The molecule has 2 rings (SSSR count). The molecule has 1 aliphatic rings. The fourth-order valence-electron chi connectivity index (χ4n) is 2.81. The van der Waals surface area contributed by atoms with Gasteiger partial charge >= 0.3 is 0 Å². The number of nitrogens with one attached hydrogen (secondary N) is 1. The van der Waals surface area contributed by atoms with Crippen LogP contribution in [0.25, 0.3) is 0 Å². The number of ether oxygens (including phenoxy) is 1. The Morgan fingerprint density at radius 2 is 2.00 bits per heavy atom. The molecule has 0 saturated carbocycles. The quantitative estimate of drug-likeness (QED) is 0.880. The van der Waals surface area contributed by atoms with E-state index >= 15 is 0 Å². The SMILES string of the molecule is CNC(=O)CC1CCN(S(=O)(=O)c2cc(C)c(C)cc2OC)C1. The summed E-state index contributed by atoms with van der Waals surface area (Å²) in [5, 5.41) is 2.58. The molecule has 1 saturated heterocycles. The van der Waals surface area contributed by atoms with Crippen LogP contribution in [-0.2, 0) is 14.8 Å². The van der Waals surface area contributed by atoms with Crippen molar-refractivity contribution in [1.82, 2.24) is 9.62 Å². The largest absolute Gasteiger partial charge is 0.495 e. The van der Waals surface area contributed by atoms with Crippen LogP contribution in [0.4, 0.5) is 0 Å². The Labute approximate surface area is 137 Å². The minimum absolute atomic E-state index is 0.0574. The van der Waals surface area contributed by atoms with Gasteiger partial charge in [-0.1, -0.05) is 0 Å². The standard InChI is InChI=1S/C16H24N2O4S/c1-11-7-14(22-4)15(8-12(11)2)23(20,21)18-6-5-13(10-18)9-16(19)17-3/h7-8,13H,5-6,9-10H2,1-4H3,(H,17,19). The second-order valence-corrected chi connectivity index (χ2v) is 7.89. The summed E-state index contributed by atoms with van der Waals surface area (Å²) in [4.78, 5) is 11.7. The molecule has 1 fully saturated rings. The van der Waals surface area contributed by atoms with Crippen molar-refractivity contribution < 1.29 is 17.9 Å². The average molecular weight is 340 g/mol. The lowest BCUT2D eigenvalue weighted by atomic mass is 10.1. The number of aryl methyl sites for hydroxylation is 2. The summed E-state index contributed by atoms with van der Waals surface area (Å²) in [6, 6.07) is 3.41. The van der Waals surface area contributed by atoms with Crippen LogP contribution in [0.5, 0.6) is 5.75 Å². The van der Waals surface area contributed by atoms with Gasteiger partial charge in [0.15, 0.2) is 0 Å². The molecule has 1 aliphatic heterocycles. The van der Waals surface area contributed by atoms with E-state index in [1.807, 2.05) is 13.8 Å². The van der Waals surface area contributed by atoms with E-state index in [0.29, 0.717) is 31.7 Å². The van der Waals surface area contributed by atoms with Gasteiger partial charge in [0.05, 0.1) is 7.11 Å². The summed E-state index contributed by atoms with van der Waals surface area (Å²) in [5.41, 5.74) is 1.89. The van der Waals surface area contributed by atoms with E-state index < -0.39 is 10.0 Å². The smallest absolute Gasteiger partial charge is 0.246 e. The van der Waals surface area contributed by atoms with Gasteiger partial charge in [-0.15, -0.1) is 0 Å². The number of amides is 1. The molecular weight excluding hydrogens is 316 g/mol. The van der Waals surface area contributed by atoms with Crippen molar-refractivity contribution >= 4 is 15.9 Å². The lowest BCUT2D eigenvalue weighted by Crippen LogP contribution is -2.30. The van der Waals surface area contributed by atoms with Gasteiger partial charge < -0.3 is 10.1 Å². The molecule has 6 nitrogen and oxygen atoms in total. The average Bonchev–Trinajstić information content (AvgIpc) is 2.98. The van der Waals surface area contributed by atoms with E-state index in [9.17, 15) is 13.2 Å². The summed E-state index contributed by atoms with van der Waals surface area (Å²) < 4.78 is 32.6. The molecule has 0 spiro atoms. The van der Waals surface area contributed by atoms with Crippen molar-refractivity contribution in [2.75, 3.05) is 27.2 Å². The van der Waals surface area contributed by atoms with E-state index in [-0.39, 0.29) is 16.7 Å². The second-order valence-electron chi connectivity index (χ2n) is 5.98. The van der Waals surface area contributed by atoms with Crippen LogP contribution < -0.4 is 10.1 Å². The molecule has 1 amide bonds. The Morgan fingerprint density at radius 3 is 2.61 bits per heavy atom. The maximum Gasteiger partial charge on any atom is 0.246 e. The van der Waals surface area contributed by atoms with Gasteiger partial charge in [0.1, 0.15) is 10.6 Å². The van der Waals surface area contributed by atoms with Crippen molar-refractivity contribution in [2.45, 2.75) is 31.6 Å². The number of benzene rings is 1. The fourth-order valence-corrected chi connectivity index (χ4v) is 4.56. The molecule has 1 N–H and O–H groups in total. The van der Waals surface area contributed by atoms with Crippen LogP contribution in [0.3, 0.4) is 0 Å². The van der Waals surface area contributed by atoms with Gasteiger partial charge in [0.25, 0.3) is 0 Å². The minimum atomic E-state index is -3.62. The third kappa shape index (κ3) is 3.67. The molecule has 23 heavy (non-hydrogen) atoms. The number of hydrogen-bond acceptors (Lipinski definition) is 4. The molecule has 1 aromatic rings. The lowest BCUT2D eigenvalue weighted by molar-refractivity contribution is -0.121. The van der Waals surface area contributed by atoms with Gasteiger partial charge in [-0.25, -0.2) is 8.42 Å². The van der Waals surface area contributed by atoms with Crippen LogP contribution in [-0.4, -0.2) is 45.9 Å². The van der Waals surface area contributed by atoms with Gasteiger partial charge in [-0.2, -0.15) is 4.31 Å². The Hall–Kier alpha value is -1.60. The zero-order valence-electron chi connectivity index (χ0n) is 14.0. The number of rotatable bonds is 5. The Bertz CT molecular complexity index is 700. The van der Waals surface area contributed by atoms with Crippen LogP contribution in [0.2, 0.25) is 0 Å².